The minimum absolute atomic E-state index is 0.0108. The fraction of sp³-hybridized carbons (Fsp3) is 0.185. The van der Waals surface area contributed by atoms with E-state index in [1.807, 2.05) is 0 Å². The summed E-state index contributed by atoms with van der Waals surface area (Å²) in [6.45, 7) is 5.90. The number of ether oxygens (including phenoxy) is 2. The number of amides is 1. The Morgan fingerprint density at radius 1 is 1.23 bits per heavy atom. The molecule has 1 atom stereocenters. The summed E-state index contributed by atoms with van der Waals surface area (Å²) in [5.41, 5.74) is 1.65. The van der Waals surface area contributed by atoms with Crippen molar-refractivity contribution in [3.05, 3.63) is 87.7 Å². The van der Waals surface area contributed by atoms with Crippen molar-refractivity contribution in [3.8, 4) is 16.9 Å². The van der Waals surface area contributed by atoms with Gasteiger partial charge in [0.25, 0.3) is 0 Å². The number of thiophene rings is 1. The van der Waals surface area contributed by atoms with Crippen molar-refractivity contribution in [1.82, 2.24) is 14.8 Å². The maximum absolute atomic E-state index is 13.4. The van der Waals surface area contributed by atoms with Crippen LogP contribution in [-0.4, -0.2) is 39.5 Å². The third-order valence-electron chi connectivity index (χ3n) is 5.54. The lowest BCUT2D eigenvalue weighted by Crippen LogP contribution is -2.17. The van der Waals surface area contributed by atoms with Gasteiger partial charge in [0, 0.05) is 22.5 Å². The number of hydrogen-bond donors (Lipinski definition) is 1. The maximum atomic E-state index is 13.4. The van der Waals surface area contributed by atoms with Gasteiger partial charge in [-0.3, -0.25) is 9.36 Å². The third kappa shape index (κ3) is 6.84. The largest absolute Gasteiger partial charge is 0.481 e. The van der Waals surface area contributed by atoms with Crippen molar-refractivity contribution in [2.75, 3.05) is 18.2 Å². The van der Waals surface area contributed by atoms with Gasteiger partial charge in [0.2, 0.25) is 5.91 Å². The fourth-order valence-corrected chi connectivity index (χ4v) is 5.78. The molecule has 2 aromatic heterocycles. The predicted molar refractivity (Wildman–Crippen MR) is 156 cm³/mol. The molecule has 0 saturated carbocycles. The number of esters is 1. The summed E-state index contributed by atoms with van der Waals surface area (Å²) in [7, 11) is 1.28. The molecule has 0 spiro atoms. The number of nitrogens with one attached hydrogen (secondary N) is 1. The Bertz CT molecular complexity index is 1540. The molecule has 13 heteroatoms. The summed E-state index contributed by atoms with van der Waals surface area (Å²) >= 11 is 14.5. The molecule has 1 N–H and O–H groups in total. The lowest BCUT2D eigenvalue weighted by molar-refractivity contribution is -0.113. The second kappa shape index (κ2) is 13.3. The molecule has 2 heterocycles. The molecule has 0 fully saturated rings. The predicted octanol–water partition coefficient (Wildman–Crippen LogP) is 7.30. The Kier molecular flexibility index (Phi) is 9.85. The van der Waals surface area contributed by atoms with E-state index >= 15 is 0 Å². The number of thioether (sulfide) groups is 1. The van der Waals surface area contributed by atoms with E-state index in [1.54, 1.807) is 47.2 Å². The Balaban J connectivity index is 1.48. The molecule has 0 saturated heterocycles. The molecule has 0 radical (unpaired) electrons. The van der Waals surface area contributed by atoms with Gasteiger partial charge < -0.3 is 14.8 Å². The summed E-state index contributed by atoms with van der Waals surface area (Å²) in [5, 5.41) is 14.6. The number of benzene rings is 2. The van der Waals surface area contributed by atoms with Crippen molar-refractivity contribution < 1.29 is 23.5 Å². The third-order valence-corrected chi connectivity index (χ3v) is 7.95. The molecule has 0 aliphatic carbocycles. The first-order valence-electron chi connectivity index (χ1n) is 11.8. The van der Waals surface area contributed by atoms with Crippen LogP contribution in [0.1, 0.15) is 29.2 Å². The molecule has 0 aliphatic rings. The molecule has 0 aliphatic heterocycles. The van der Waals surface area contributed by atoms with Crippen LogP contribution in [0.4, 0.5) is 9.39 Å². The van der Waals surface area contributed by atoms with Crippen LogP contribution in [0, 0.1) is 5.82 Å². The number of rotatable bonds is 11. The summed E-state index contributed by atoms with van der Waals surface area (Å²) < 4.78 is 26.0. The highest BCUT2D eigenvalue weighted by atomic mass is 35.5. The van der Waals surface area contributed by atoms with Gasteiger partial charge in [-0.05, 0) is 42.8 Å². The highest BCUT2D eigenvalue weighted by Gasteiger charge is 2.24. The van der Waals surface area contributed by atoms with Gasteiger partial charge in [-0.1, -0.05) is 53.2 Å². The van der Waals surface area contributed by atoms with Crippen LogP contribution in [0.3, 0.4) is 0 Å². The molecule has 1 amide bonds. The average molecular weight is 622 g/mol. The molecular formula is C27H23Cl2FN4O4S2. The zero-order valence-electron chi connectivity index (χ0n) is 21.3. The summed E-state index contributed by atoms with van der Waals surface area (Å²) in [4.78, 5) is 25.5. The minimum Gasteiger partial charge on any atom is -0.481 e. The van der Waals surface area contributed by atoms with E-state index in [0.29, 0.717) is 38.9 Å². The number of allylic oxidation sites excluding steroid dienone is 1. The first-order valence-corrected chi connectivity index (χ1v) is 14.4. The van der Waals surface area contributed by atoms with E-state index in [-0.39, 0.29) is 22.2 Å². The van der Waals surface area contributed by atoms with Crippen LogP contribution in [0.2, 0.25) is 10.0 Å². The van der Waals surface area contributed by atoms with Crippen LogP contribution >= 0.6 is 46.3 Å². The van der Waals surface area contributed by atoms with E-state index in [0.717, 1.165) is 23.4 Å². The van der Waals surface area contributed by atoms with Crippen molar-refractivity contribution in [3.63, 3.8) is 0 Å². The molecule has 4 aromatic rings. The monoisotopic (exact) mass is 620 g/mol. The minimum atomic E-state index is -0.585. The van der Waals surface area contributed by atoms with Gasteiger partial charge in [-0.15, -0.1) is 28.1 Å². The molecule has 2 aromatic carbocycles. The molecular weight excluding hydrogens is 598 g/mol. The Morgan fingerprint density at radius 3 is 2.65 bits per heavy atom. The normalized spacial score (nSPS) is 11.6. The van der Waals surface area contributed by atoms with Crippen molar-refractivity contribution in [1.29, 1.82) is 0 Å². The van der Waals surface area contributed by atoms with Gasteiger partial charge in [0.15, 0.2) is 17.1 Å². The van der Waals surface area contributed by atoms with Crippen LogP contribution in [0.5, 0.6) is 5.75 Å². The Hall–Kier alpha value is -3.38. The molecule has 40 heavy (non-hydrogen) atoms. The highest BCUT2D eigenvalue weighted by Crippen LogP contribution is 2.37. The summed E-state index contributed by atoms with van der Waals surface area (Å²) in [5.74, 6) is -0.631. The summed E-state index contributed by atoms with van der Waals surface area (Å²) in [6.07, 6.45) is 1.08. The topological polar surface area (TPSA) is 95.3 Å². The molecule has 0 bridgehead atoms. The maximum Gasteiger partial charge on any atom is 0.341 e. The lowest BCUT2D eigenvalue weighted by atomic mass is 10.0. The molecule has 1 unspecified atom stereocenters. The highest BCUT2D eigenvalue weighted by molar-refractivity contribution is 7.99. The number of carbonyl (C=O) groups excluding carboxylic acids is 2. The number of carbonyl (C=O) groups is 2. The van der Waals surface area contributed by atoms with Gasteiger partial charge in [0.05, 0.1) is 17.9 Å². The van der Waals surface area contributed by atoms with Crippen molar-refractivity contribution in [2.24, 2.45) is 0 Å². The number of halogens is 3. The van der Waals surface area contributed by atoms with Crippen LogP contribution in [-0.2, 0) is 16.1 Å². The van der Waals surface area contributed by atoms with E-state index < -0.39 is 17.9 Å². The van der Waals surface area contributed by atoms with Gasteiger partial charge in [-0.2, -0.15) is 0 Å². The zero-order chi connectivity index (χ0) is 28.8. The van der Waals surface area contributed by atoms with Crippen LogP contribution < -0.4 is 10.1 Å². The van der Waals surface area contributed by atoms with Gasteiger partial charge in [0.1, 0.15) is 22.1 Å². The van der Waals surface area contributed by atoms with E-state index in [4.69, 9.17) is 32.7 Å². The number of anilines is 1. The standard InChI is InChI=1S/C27H23Cl2FN4O4S2/c1-4-11-34-24(15(2)38-21-10-9-18(30)12-20(21)29)32-33-27(34)40-14-22(35)31-25-23(26(36)37-3)19(13-39-25)16-5-7-17(28)8-6-16/h4-10,12-13,15H,1,11,14H2,2-3H3,(H,31,35). The lowest BCUT2D eigenvalue weighted by Gasteiger charge is -2.16. The fourth-order valence-electron chi connectivity index (χ4n) is 3.71. The smallest absolute Gasteiger partial charge is 0.341 e. The van der Waals surface area contributed by atoms with Crippen LogP contribution in [0.15, 0.2) is 65.7 Å². The first-order chi connectivity index (χ1) is 19.2. The average Bonchev–Trinajstić information content (AvgIpc) is 3.53. The second-order valence-corrected chi connectivity index (χ2v) is 10.9. The number of nitrogens with zero attached hydrogens (tertiary/aromatic N) is 3. The van der Waals surface area contributed by atoms with Gasteiger partial charge in [-0.25, -0.2) is 9.18 Å². The number of methoxy groups -OCH3 is 1. The quantitative estimate of drug-likeness (QED) is 0.107. The Morgan fingerprint density at radius 2 is 1.98 bits per heavy atom. The molecule has 8 nitrogen and oxygen atoms in total. The molecule has 208 valence electrons. The second-order valence-electron chi connectivity index (χ2n) is 8.26. The van der Waals surface area contributed by atoms with Gasteiger partial charge >= 0.3 is 5.97 Å². The number of aromatic nitrogens is 3. The first kappa shape index (κ1) is 29.6. The van der Waals surface area contributed by atoms with E-state index in [9.17, 15) is 14.0 Å². The molecule has 4 rings (SSSR count). The number of hydrogen-bond acceptors (Lipinski definition) is 8. The SMILES string of the molecule is C=CCn1c(SCC(=O)Nc2scc(-c3ccc(Cl)cc3)c2C(=O)OC)nnc1C(C)Oc1ccc(F)cc1Cl. The zero-order valence-corrected chi connectivity index (χ0v) is 24.5. The van der Waals surface area contributed by atoms with Crippen LogP contribution in [0.25, 0.3) is 11.1 Å². The van der Waals surface area contributed by atoms with Crippen molar-refractivity contribution in [2.45, 2.75) is 24.7 Å². The summed E-state index contributed by atoms with van der Waals surface area (Å²) in [6, 6.07) is 10.9. The van der Waals surface area contributed by atoms with E-state index in [2.05, 4.69) is 22.1 Å². The Labute approximate surface area is 248 Å². The van der Waals surface area contributed by atoms with E-state index in [1.165, 1.54) is 30.6 Å². The van der Waals surface area contributed by atoms with Crippen molar-refractivity contribution >= 4 is 63.2 Å².